The second-order valence-corrected chi connectivity index (χ2v) is 12.2. The van der Waals surface area contributed by atoms with Gasteiger partial charge in [-0.15, -0.1) is 5.10 Å². The van der Waals surface area contributed by atoms with Crippen molar-refractivity contribution in [3.8, 4) is 0 Å². The summed E-state index contributed by atoms with van der Waals surface area (Å²) in [7, 11) is 4.05. The lowest BCUT2D eigenvalue weighted by Gasteiger charge is -2.45. The fourth-order valence-corrected chi connectivity index (χ4v) is 6.95. The van der Waals surface area contributed by atoms with Gasteiger partial charge in [-0.25, -0.2) is 4.52 Å². The van der Waals surface area contributed by atoms with Crippen molar-refractivity contribution in [2.45, 2.75) is 69.4 Å². The van der Waals surface area contributed by atoms with E-state index in [1.54, 1.807) is 0 Å². The number of carbonyl (C=O) groups is 1. The van der Waals surface area contributed by atoms with Gasteiger partial charge in [-0.2, -0.15) is 4.98 Å². The highest BCUT2D eigenvalue weighted by Gasteiger charge is 2.40. The van der Waals surface area contributed by atoms with Crippen molar-refractivity contribution in [3.05, 3.63) is 48.2 Å². The van der Waals surface area contributed by atoms with Gasteiger partial charge in [-0.3, -0.25) is 4.79 Å². The molecule has 3 aliphatic rings. The molecular formula is C31H43N7O2. The molecular weight excluding hydrogens is 502 g/mol. The first-order valence-electron chi connectivity index (χ1n) is 15.1. The molecule has 6 rings (SSSR count). The minimum atomic E-state index is -0.530. The van der Waals surface area contributed by atoms with Gasteiger partial charge in [0.05, 0.1) is 11.3 Å². The lowest BCUT2D eigenvalue weighted by atomic mass is 9.72. The quantitative estimate of drug-likeness (QED) is 0.470. The molecule has 2 aromatic heterocycles. The van der Waals surface area contributed by atoms with Gasteiger partial charge in [0.15, 0.2) is 5.65 Å². The minimum Gasteiger partial charge on any atom is -0.389 e. The van der Waals surface area contributed by atoms with E-state index in [9.17, 15) is 9.90 Å². The number of benzene rings is 1. The minimum absolute atomic E-state index is 0.0634. The number of hydrogen-bond donors (Lipinski definition) is 2. The SMILES string of the molecule is CN1CCC(N(C)C(=O)c2ccc(Nc3nc4c(N5CCC(O)(C6CCCCC6)CC5)cccn4n3)cc2)CC1. The molecule has 2 aliphatic heterocycles. The number of carbonyl (C=O) groups excluding carboxylic acids is 1. The summed E-state index contributed by atoms with van der Waals surface area (Å²) in [4.78, 5) is 24.4. The Hall–Kier alpha value is -3.17. The van der Waals surface area contributed by atoms with Crippen LogP contribution in [-0.2, 0) is 0 Å². The summed E-state index contributed by atoms with van der Waals surface area (Å²) in [5.41, 5.74) is 2.85. The first kappa shape index (κ1) is 27.0. The number of aromatic nitrogens is 3. The zero-order valence-electron chi connectivity index (χ0n) is 23.9. The molecule has 0 unspecified atom stereocenters. The average molecular weight is 546 g/mol. The van der Waals surface area contributed by atoms with Crippen molar-refractivity contribution in [1.82, 2.24) is 24.4 Å². The second kappa shape index (κ2) is 11.4. The van der Waals surface area contributed by atoms with Gasteiger partial charge in [0.2, 0.25) is 5.95 Å². The largest absolute Gasteiger partial charge is 0.389 e. The smallest absolute Gasteiger partial charge is 0.253 e. The maximum absolute atomic E-state index is 13.1. The fraction of sp³-hybridized carbons (Fsp3) is 0.581. The predicted octanol–water partition coefficient (Wildman–Crippen LogP) is 4.55. The molecule has 3 fully saturated rings. The topological polar surface area (TPSA) is 89.2 Å². The van der Waals surface area contributed by atoms with E-state index in [1.807, 2.05) is 53.0 Å². The van der Waals surface area contributed by atoms with E-state index in [1.165, 1.54) is 19.3 Å². The van der Waals surface area contributed by atoms with Gasteiger partial charge in [-0.1, -0.05) is 19.3 Å². The zero-order chi connectivity index (χ0) is 27.7. The number of nitrogens with zero attached hydrogens (tertiary/aromatic N) is 6. The van der Waals surface area contributed by atoms with Crippen molar-refractivity contribution in [2.24, 2.45) is 5.92 Å². The van der Waals surface area contributed by atoms with Crippen LogP contribution in [-0.4, -0.2) is 87.3 Å². The Labute approximate surface area is 237 Å². The Morgan fingerprint density at radius 2 is 1.70 bits per heavy atom. The van der Waals surface area contributed by atoms with Gasteiger partial charge in [0.1, 0.15) is 0 Å². The van der Waals surface area contributed by atoms with Crippen LogP contribution in [0.5, 0.6) is 0 Å². The zero-order valence-corrected chi connectivity index (χ0v) is 23.9. The highest BCUT2D eigenvalue weighted by Crippen LogP contribution is 2.40. The van der Waals surface area contributed by atoms with E-state index in [0.717, 1.165) is 81.7 Å². The Morgan fingerprint density at radius 1 is 1.00 bits per heavy atom. The van der Waals surface area contributed by atoms with E-state index < -0.39 is 5.60 Å². The van der Waals surface area contributed by atoms with Crippen LogP contribution < -0.4 is 10.2 Å². The monoisotopic (exact) mass is 545 g/mol. The molecule has 0 spiro atoms. The number of nitrogens with one attached hydrogen (secondary N) is 1. The Balaban J connectivity index is 1.11. The van der Waals surface area contributed by atoms with Crippen LogP contribution in [0, 0.1) is 5.92 Å². The van der Waals surface area contributed by atoms with Crippen LogP contribution >= 0.6 is 0 Å². The van der Waals surface area contributed by atoms with Gasteiger partial charge >= 0.3 is 0 Å². The van der Waals surface area contributed by atoms with Gasteiger partial charge in [0.25, 0.3) is 5.91 Å². The molecule has 9 nitrogen and oxygen atoms in total. The molecule has 2 N–H and O–H groups in total. The van der Waals surface area contributed by atoms with Crippen LogP contribution in [0.4, 0.5) is 17.3 Å². The van der Waals surface area contributed by atoms with E-state index in [4.69, 9.17) is 4.98 Å². The van der Waals surface area contributed by atoms with E-state index >= 15 is 0 Å². The lowest BCUT2D eigenvalue weighted by molar-refractivity contribution is -0.0516. The predicted molar refractivity (Wildman–Crippen MR) is 158 cm³/mol. The van der Waals surface area contributed by atoms with Gasteiger partial charge in [-0.05, 0) is 101 Å². The number of fused-ring (bicyclic) bond motifs is 1. The number of hydrogen-bond acceptors (Lipinski definition) is 7. The molecule has 214 valence electrons. The molecule has 0 radical (unpaired) electrons. The number of amides is 1. The maximum Gasteiger partial charge on any atom is 0.253 e. The molecule has 3 aromatic rings. The normalized spacial score (nSPS) is 21.0. The third-order valence-corrected chi connectivity index (χ3v) is 9.62. The van der Waals surface area contributed by atoms with E-state index in [2.05, 4.69) is 33.3 Å². The first-order chi connectivity index (χ1) is 19.4. The molecule has 1 amide bonds. The van der Waals surface area contributed by atoms with Crippen LogP contribution in [0.3, 0.4) is 0 Å². The molecule has 1 saturated carbocycles. The Morgan fingerprint density at radius 3 is 2.40 bits per heavy atom. The number of pyridine rings is 1. The number of likely N-dealkylation sites (tertiary alicyclic amines) is 1. The number of piperidine rings is 2. The van der Waals surface area contributed by atoms with Crippen LogP contribution in [0.1, 0.15) is 68.1 Å². The van der Waals surface area contributed by atoms with Gasteiger partial charge < -0.3 is 25.1 Å². The molecule has 0 bridgehead atoms. The highest BCUT2D eigenvalue weighted by atomic mass is 16.3. The fourth-order valence-electron chi connectivity index (χ4n) is 6.95. The molecule has 1 aliphatic carbocycles. The highest BCUT2D eigenvalue weighted by molar-refractivity contribution is 5.94. The standard InChI is InChI=1S/C31H43N7O2/c1-35-19-14-26(15-20-35)36(2)29(39)23-10-12-25(13-11-23)32-30-33-28-27(9-6-18-38(28)34-30)37-21-16-31(40,17-22-37)24-7-4-3-5-8-24/h6,9-13,18,24,26,40H,3-5,7-8,14-17,19-22H2,1-2H3,(H,32,34). The summed E-state index contributed by atoms with van der Waals surface area (Å²) in [5, 5.41) is 19.4. The average Bonchev–Trinajstić information content (AvgIpc) is 3.41. The van der Waals surface area contributed by atoms with Crippen LogP contribution in [0.25, 0.3) is 5.65 Å². The van der Waals surface area contributed by atoms with E-state index in [-0.39, 0.29) is 5.91 Å². The molecule has 1 aromatic carbocycles. The van der Waals surface area contributed by atoms with Crippen molar-refractivity contribution >= 4 is 28.9 Å². The second-order valence-electron chi connectivity index (χ2n) is 12.2. The van der Waals surface area contributed by atoms with Crippen molar-refractivity contribution < 1.29 is 9.90 Å². The first-order valence-corrected chi connectivity index (χ1v) is 15.1. The third-order valence-electron chi connectivity index (χ3n) is 9.62. The molecule has 4 heterocycles. The van der Waals surface area contributed by atoms with Crippen molar-refractivity contribution in [2.75, 3.05) is 50.5 Å². The Bertz CT molecular complexity index is 1300. The van der Waals surface area contributed by atoms with E-state index in [0.29, 0.717) is 23.5 Å². The molecule has 0 atom stereocenters. The third kappa shape index (κ3) is 5.54. The summed E-state index contributed by atoms with van der Waals surface area (Å²) >= 11 is 0. The Kier molecular flexibility index (Phi) is 7.68. The van der Waals surface area contributed by atoms with Crippen LogP contribution in [0.2, 0.25) is 0 Å². The number of rotatable bonds is 6. The summed E-state index contributed by atoms with van der Waals surface area (Å²) < 4.78 is 1.81. The van der Waals surface area contributed by atoms with Crippen LogP contribution in [0.15, 0.2) is 42.6 Å². The molecule has 9 heteroatoms. The lowest BCUT2D eigenvalue weighted by Crippen LogP contribution is -2.49. The summed E-state index contributed by atoms with van der Waals surface area (Å²) in [6.45, 7) is 3.70. The van der Waals surface area contributed by atoms with Crippen molar-refractivity contribution in [3.63, 3.8) is 0 Å². The maximum atomic E-state index is 13.1. The summed E-state index contributed by atoms with van der Waals surface area (Å²) in [5.74, 6) is 1.03. The summed E-state index contributed by atoms with van der Waals surface area (Å²) in [6, 6.07) is 12.0. The number of anilines is 3. The van der Waals surface area contributed by atoms with Gasteiger partial charge in [0, 0.05) is 43.6 Å². The number of aliphatic hydroxyl groups is 1. The van der Waals surface area contributed by atoms with Crippen molar-refractivity contribution in [1.29, 1.82) is 0 Å². The summed E-state index contributed by atoms with van der Waals surface area (Å²) in [6.07, 6.45) is 11.7. The molecule has 2 saturated heterocycles. The molecule has 40 heavy (non-hydrogen) atoms.